The molecular formula is C18H19ClN4O2S. The van der Waals surface area contributed by atoms with Crippen LogP contribution in [-0.2, 0) is 4.79 Å². The van der Waals surface area contributed by atoms with Crippen molar-refractivity contribution in [1.29, 1.82) is 0 Å². The first kappa shape index (κ1) is 18.4. The van der Waals surface area contributed by atoms with E-state index in [4.69, 9.17) is 16.3 Å². The summed E-state index contributed by atoms with van der Waals surface area (Å²) in [5.41, 5.74) is 1.73. The smallest absolute Gasteiger partial charge is 0.246 e. The van der Waals surface area contributed by atoms with Crippen molar-refractivity contribution in [2.75, 3.05) is 17.7 Å². The Hall–Kier alpha value is -2.38. The molecule has 3 rings (SSSR count). The highest BCUT2D eigenvalue weighted by Gasteiger charge is 2.18. The Morgan fingerprint density at radius 2 is 2.08 bits per heavy atom. The number of nitrogens with one attached hydrogen (secondary N) is 2. The highest BCUT2D eigenvalue weighted by molar-refractivity contribution is 7.18. The summed E-state index contributed by atoms with van der Waals surface area (Å²) < 4.78 is 5.12. The number of methoxy groups -OCH3 is 1. The molecule has 0 aliphatic heterocycles. The second-order valence-corrected chi connectivity index (χ2v) is 7.50. The molecule has 2 N–H and O–H groups in total. The number of hydrogen-bond acceptors (Lipinski definition) is 6. The number of rotatable bonds is 5. The molecule has 8 heteroatoms. The molecule has 1 aromatic carbocycles. The third kappa shape index (κ3) is 3.59. The summed E-state index contributed by atoms with van der Waals surface area (Å²) in [5.74, 6) is 1.03. The van der Waals surface area contributed by atoms with Crippen LogP contribution in [0, 0.1) is 13.8 Å². The normalized spacial score (nSPS) is 12.0. The molecule has 0 radical (unpaired) electrons. The Labute approximate surface area is 160 Å². The van der Waals surface area contributed by atoms with Crippen molar-refractivity contribution < 1.29 is 9.53 Å². The molecule has 2 aromatic heterocycles. The number of anilines is 2. The summed E-state index contributed by atoms with van der Waals surface area (Å²) in [6.07, 6.45) is 1.51. The van der Waals surface area contributed by atoms with E-state index < -0.39 is 6.04 Å². The molecule has 1 atom stereocenters. The number of carbonyl (C=O) groups excluding carboxylic acids is 1. The van der Waals surface area contributed by atoms with Crippen LogP contribution < -0.4 is 15.4 Å². The van der Waals surface area contributed by atoms with E-state index in [0.717, 1.165) is 15.8 Å². The van der Waals surface area contributed by atoms with Crippen molar-refractivity contribution in [3.05, 3.63) is 40.0 Å². The molecular weight excluding hydrogens is 372 g/mol. The maximum absolute atomic E-state index is 12.5. The largest absolute Gasteiger partial charge is 0.495 e. The summed E-state index contributed by atoms with van der Waals surface area (Å²) in [5, 5.41) is 7.42. The molecule has 1 amide bonds. The predicted molar refractivity (Wildman–Crippen MR) is 107 cm³/mol. The number of nitrogens with zero attached hydrogens (tertiary/aromatic N) is 2. The number of aryl methyl sites for hydroxylation is 2. The van der Waals surface area contributed by atoms with E-state index in [0.29, 0.717) is 22.3 Å². The average Bonchev–Trinajstić information content (AvgIpc) is 2.90. The van der Waals surface area contributed by atoms with Gasteiger partial charge < -0.3 is 15.4 Å². The Morgan fingerprint density at radius 3 is 2.77 bits per heavy atom. The Balaban J connectivity index is 1.77. The Kier molecular flexibility index (Phi) is 5.29. The van der Waals surface area contributed by atoms with Crippen molar-refractivity contribution in [3.8, 4) is 5.75 Å². The van der Waals surface area contributed by atoms with E-state index >= 15 is 0 Å². The van der Waals surface area contributed by atoms with Gasteiger partial charge in [0, 0.05) is 10.6 Å². The first-order valence-electron chi connectivity index (χ1n) is 8.02. The second-order valence-electron chi connectivity index (χ2n) is 5.89. The van der Waals surface area contributed by atoms with Crippen LogP contribution in [0.2, 0.25) is 5.02 Å². The molecule has 0 unspecified atom stereocenters. The number of aromatic nitrogens is 2. The van der Waals surface area contributed by atoms with Crippen molar-refractivity contribution in [2.24, 2.45) is 0 Å². The van der Waals surface area contributed by atoms with Crippen LogP contribution in [0.3, 0.4) is 0 Å². The third-order valence-electron chi connectivity index (χ3n) is 4.13. The van der Waals surface area contributed by atoms with Gasteiger partial charge in [0.05, 0.1) is 17.5 Å². The summed E-state index contributed by atoms with van der Waals surface area (Å²) in [4.78, 5) is 23.2. The quantitative estimate of drug-likeness (QED) is 0.674. The maximum atomic E-state index is 12.5. The van der Waals surface area contributed by atoms with Gasteiger partial charge in [-0.25, -0.2) is 9.97 Å². The van der Waals surface area contributed by atoms with Gasteiger partial charge in [0.15, 0.2) is 0 Å². The van der Waals surface area contributed by atoms with E-state index in [1.54, 1.807) is 43.6 Å². The lowest BCUT2D eigenvalue weighted by molar-refractivity contribution is -0.116. The molecule has 0 spiro atoms. The van der Waals surface area contributed by atoms with Crippen molar-refractivity contribution in [3.63, 3.8) is 0 Å². The third-order valence-corrected chi connectivity index (χ3v) is 5.54. The minimum Gasteiger partial charge on any atom is -0.495 e. The first-order chi connectivity index (χ1) is 12.4. The standard InChI is InChI=1S/C18H19ClN4O2S/c1-9-11(3)26-18-15(9)16(20-8-21-18)22-10(2)17(24)23-12-5-6-14(25-4)13(19)7-12/h5-8,10H,1-4H3,(H,23,24)(H,20,21,22)/t10-/m1/s1. The zero-order valence-electron chi connectivity index (χ0n) is 14.9. The summed E-state index contributed by atoms with van der Waals surface area (Å²) in [7, 11) is 1.54. The first-order valence-corrected chi connectivity index (χ1v) is 9.21. The summed E-state index contributed by atoms with van der Waals surface area (Å²) >= 11 is 7.72. The molecule has 26 heavy (non-hydrogen) atoms. The topological polar surface area (TPSA) is 76.1 Å². The summed E-state index contributed by atoms with van der Waals surface area (Å²) in [6.45, 7) is 5.87. The van der Waals surface area contributed by atoms with Gasteiger partial charge in [0.25, 0.3) is 0 Å². The van der Waals surface area contributed by atoms with Gasteiger partial charge in [-0.05, 0) is 44.5 Å². The monoisotopic (exact) mass is 390 g/mol. The molecule has 0 saturated carbocycles. The van der Waals surface area contributed by atoms with Crippen LogP contribution >= 0.6 is 22.9 Å². The van der Waals surface area contributed by atoms with Crippen LogP contribution in [0.5, 0.6) is 5.75 Å². The fraction of sp³-hybridized carbons (Fsp3) is 0.278. The van der Waals surface area contributed by atoms with Crippen LogP contribution in [0.1, 0.15) is 17.4 Å². The van der Waals surface area contributed by atoms with Crippen LogP contribution in [-0.4, -0.2) is 29.0 Å². The van der Waals surface area contributed by atoms with Crippen LogP contribution in [0.4, 0.5) is 11.5 Å². The van der Waals surface area contributed by atoms with E-state index in [9.17, 15) is 4.79 Å². The maximum Gasteiger partial charge on any atom is 0.246 e. The second kappa shape index (κ2) is 7.47. The minimum absolute atomic E-state index is 0.192. The lowest BCUT2D eigenvalue weighted by Crippen LogP contribution is -2.32. The molecule has 0 saturated heterocycles. The molecule has 136 valence electrons. The number of amides is 1. The van der Waals surface area contributed by atoms with Gasteiger partial charge in [0.1, 0.15) is 28.8 Å². The number of thiophene rings is 1. The van der Waals surface area contributed by atoms with Crippen LogP contribution in [0.25, 0.3) is 10.2 Å². The molecule has 0 fully saturated rings. The fourth-order valence-corrected chi connectivity index (χ4v) is 3.81. The highest BCUT2D eigenvalue weighted by Crippen LogP contribution is 2.33. The average molecular weight is 391 g/mol. The lowest BCUT2D eigenvalue weighted by atomic mass is 10.2. The highest BCUT2D eigenvalue weighted by atomic mass is 35.5. The summed E-state index contributed by atoms with van der Waals surface area (Å²) in [6, 6.07) is 4.61. The van der Waals surface area contributed by atoms with Gasteiger partial charge >= 0.3 is 0 Å². The van der Waals surface area contributed by atoms with Gasteiger partial charge in [0.2, 0.25) is 5.91 Å². The molecule has 0 bridgehead atoms. The van der Waals surface area contributed by atoms with E-state index in [2.05, 4.69) is 27.5 Å². The minimum atomic E-state index is -0.492. The lowest BCUT2D eigenvalue weighted by Gasteiger charge is -2.16. The van der Waals surface area contributed by atoms with E-state index in [1.807, 2.05) is 6.92 Å². The predicted octanol–water partition coefficient (Wildman–Crippen LogP) is 4.41. The zero-order chi connectivity index (χ0) is 18.8. The number of halogens is 1. The molecule has 0 aliphatic carbocycles. The SMILES string of the molecule is COc1ccc(NC(=O)[C@@H](C)Nc2ncnc3sc(C)c(C)c23)cc1Cl. The number of hydrogen-bond donors (Lipinski definition) is 2. The number of fused-ring (bicyclic) bond motifs is 1. The molecule has 3 aromatic rings. The van der Waals surface area contributed by atoms with Crippen molar-refractivity contribution in [1.82, 2.24) is 9.97 Å². The number of benzene rings is 1. The van der Waals surface area contributed by atoms with Crippen LogP contribution in [0.15, 0.2) is 24.5 Å². The van der Waals surface area contributed by atoms with Crippen molar-refractivity contribution >= 4 is 50.6 Å². The van der Waals surface area contributed by atoms with Crippen molar-refractivity contribution in [2.45, 2.75) is 26.8 Å². The Bertz CT molecular complexity index is 973. The zero-order valence-corrected chi connectivity index (χ0v) is 16.5. The molecule has 2 heterocycles. The van der Waals surface area contributed by atoms with E-state index in [1.165, 1.54) is 11.2 Å². The molecule has 0 aliphatic rings. The van der Waals surface area contributed by atoms with Gasteiger partial charge in [-0.3, -0.25) is 4.79 Å². The number of carbonyl (C=O) groups is 1. The Morgan fingerprint density at radius 1 is 1.31 bits per heavy atom. The van der Waals surface area contributed by atoms with E-state index in [-0.39, 0.29) is 5.91 Å². The fourth-order valence-electron chi connectivity index (χ4n) is 2.56. The molecule has 6 nitrogen and oxygen atoms in total. The van der Waals surface area contributed by atoms with Gasteiger partial charge in [-0.1, -0.05) is 11.6 Å². The van der Waals surface area contributed by atoms with Gasteiger partial charge in [-0.15, -0.1) is 11.3 Å². The number of ether oxygens (including phenoxy) is 1. The van der Waals surface area contributed by atoms with Gasteiger partial charge in [-0.2, -0.15) is 0 Å².